The molecular weight excluding hydrogens is 204 g/mol. The van der Waals surface area contributed by atoms with E-state index < -0.39 is 0 Å². The summed E-state index contributed by atoms with van der Waals surface area (Å²) in [5, 5.41) is 3.26. The number of anilines is 1. The molecule has 3 N–H and O–H groups in total. The van der Waals surface area contributed by atoms with Gasteiger partial charge in [-0.2, -0.15) is 0 Å². The van der Waals surface area contributed by atoms with Crippen molar-refractivity contribution in [3.8, 4) is 5.88 Å². The summed E-state index contributed by atoms with van der Waals surface area (Å²) in [6.45, 7) is 3.52. The van der Waals surface area contributed by atoms with Gasteiger partial charge >= 0.3 is 0 Å². The molecule has 5 nitrogen and oxygen atoms in total. The Kier molecular flexibility index (Phi) is 5.28. The van der Waals surface area contributed by atoms with E-state index in [1.165, 1.54) is 6.33 Å². The van der Waals surface area contributed by atoms with E-state index in [0.717, 1.165) is 18.5 Å². The van der Waals surface area contributed by atoms with Gasteiger partial charge in [-0.15, -0.1) is 0 Å². The molecule has 0 fully saturated rings. The van der Waals surface area contributed by atoms with E-state index in [0.29, 0.717) is 18.2 Å². The summed E-state index contributed by atoms with van der Waals surface area (Å²) >= 11 is 0. The first kappa shape index (κ1) is 12.4. The Balaban J connectivity index is 2.52. The molecule has 0 aliphatic heterocycles. The van der Waals surface area contributed by atoms with Gasteiger partial charge in [0.05, 0.1) is 12.7 Å². The maximum Gasteiger partial charge on any atom is 0.222 e. The highest BCUT2D eigenvalue weighted by atomic mass is 16.5. The largest absolute Gasteiger partial charge is 0.481 e. The molecule has 5 heteroatoms. The maximum absolute atomic E-state index is 5.75. The number of ether oxygens (including phenoxy) is 1. The molecule has 16 heavy (non-hydrogen) atoms. The Hall–Kier alpha value is -1.62. The average Bonchev–Trinajstić information content (AvgIpc) is 2.30. The Morgan fingerprint density at radius 3 is 3.00 bits per heavy atom. The van der Waals surface area contributed by atoms with Crippen molar-refractivity contribution in [2.24, 2.45) is 0 Å². The number of hydrogen-bond acceptors (Lipinski definition) is 5. The maximum atomic E-state index is 5.75. The molecule has 0 radical (unpaired) electrons. The van der Waals surface area contributed by atoms with Crippen LogP contribution in [0.15, 0.2) is 18.5 Å². The van der Waals surface area contributed by atoms with Crippen LogP contribution in [0.5, 0.6) is 5.88 Å². The summed E-state index contributed by atoms with van der Waals surface area (Å²) < 4.78 is 5.12. The van der Waals surface area contributed by atoms with E-state index in [-0.39, 0.29) is 0 Å². The minimum atomic E-state index is 0.463. The third-order valence-electron chi connectivity index (χ3n) is 2.16. The van der Waals surface area contributed by atoms with Crippen molar-refractivity contribution in [1.29, 1.82) is 0 Å². The van der Waals surface area contributed by atoms with Gasteiger partial charge in [-0.25, -0.2) is 9.97 Å². The first-order chi connectivity index (χ1) is 7.79. The monoisotopic (exact) mass is 222 g/mol. The zero-order valence-corrected chi connectivity index (χ0v) is 9.73. The molecule has 1 rings (SSSR count). The van der Waals surface area contributed by atoms with E-state index in [1.807, 2.05) is 13.0 Å². The molecule has 0 spiro atoms. The Labute approximate surface area is 95.7 Å². The Bertz CT molecular complexity index is 352. The number of nitrogens with one attached hydrogen (secondary N) is 1. The Morgan fingerprint density at radius 1 is 1.50 bits per heavy atom. The molecule has 0 atom stereocenters. The van der Waals surface area contributed by atoms with Crippen LogP contribution in [-0.4, -0.2) is 23.6 Å². The predicted molar refractivity (Wildman–Crippen MR) is 64.1 cm³/mol. The number of hydrogen-bond donors (Lipinski definition) is 2. The smallest absolute Gasteiger partial charge is 0.222 e. The third kappa shape index (κ3) is 3.51. The van der Waals surface area contributed by atoms with Crippen LogP contribution in [0.1, 0.15) is 18.9 Å². The zero-order chi connectivity index (χ0) is 11.8. The highest BCUT2D eigenvalue weighted by Crippen LogP contribution is 2.18. The first-order valence-electron chi connectivity index (χ1n) is 5.24. The van der Waals surface area contributed by atoms with E-state index in [9.17, 15) is 0 Å². The van der Waals surface area contributed by atoms with E-state index >= 15 is 0 Å². The number of nitrogen functional groups attached to an aromatic ring is 1. The van der Waals surface area contributed by atoms with E-state index in [4.69, 9.17) is 10.5 Å². The lowest BCUT2D eigenvalue weighted by molar-refractivity contribution is 0.390. The topological polar surface area (TPSA) is 73.1 Å². The molecule has 0 unspecified atom stereocenters. The Morgan fingerprint density at radius 2 is 2.31 bits per heavy atom. The fourth-order valence-corrected chi connectivity index (χ4v) is 1.32. The zero-order valence-electron chi connectivity index (χ0n) is 9.73. The van der Waals surface area contributed by atoms with Crippen molar-refractivity contribution in [2.75, 3.05) is 19.4 Å². The number of allylic oxidation sites excluding steroid dienone is 1. The van der Waals surface area contributed by atoms with Crippen molar-refractivity contribution in [3.05, 3.63) is 24.0 Å². The third-order valence-corrected chi connectivity index (χ3v) is 2.16. The summed E-state index contributed by atoms with van der Waals surface area (Å²) in [5.74, 6) is 0.997. The molecule has 88 valence electrons. The van der Waals surface area contributed by atoms with Crippen LogP contribution in [0.2, 0.25) is 0 Å². The first-order valence-corrected chi connectivity index (χ1v) is 5.24. The second kappa shape index (κ2) is 6.79. The van der Waals surface area contributed by atoms with Crippen LogP contribution in [0.25, 0.3) is 0 Å². The SMILES string of the molecule is C/C=C/CCNCc1c(N)ncnc1OC. The number of nitrogens with zero attached hydrogens (tertiary/aromatic N) is 2. The lowest BCUT2D eigenvalue weighted by atomic mass is 10.3. The van der Waals surface area contributed by atoms with E-state index in [1.54, 1.807) is 7.11 Å². The van der Waals surface area contributed by atoms with Crippen LogP contribution in [-0.2, 0) is 6.54 Å². The minimum Gasteiger partial charge on any atom is -0.481 e. The number of rotatable bonds is 6. The van der Waals surface area contributed by atoms with Crippen molar-refractivity contribution in [2.45, 2.75) is 19.9 Å². The lowest BCUT2D eigenvalue weighted by Crippen LogP contribution is -2.17. The summed E-state index contributed by atoms with van der Waals surface area (Å²) in [4.78, 5) is 7.94. The molecule has 1 aromatic rings. The van der Waals surface area contributed by atoms with Gasteiger partial charge in [0.1, 0.15) is 12.1 Å². The molecule has 0 aliphatic carbocycles. The second-order valence-electron chi connectivity index (χ2n) is 3.28. The van der Waals surface area contributed by atoms with Crippen LogP contribution in [0.3, 0.4) is 0 Å². The summed E-state index contributed by atoms with van der Waals surface area (Å²) in [7, 11) is 1.57. The highest BCUT2D eigenvalue weighted by Gasteiger charge is 2.08. The molecule has 0 saturated heterocycles. The lowest BCUT2D eigenvalue weighted by Gasteiger charge is -2.09. The fraction of sp³-hybridized carbons (Fsp3) is 0.455. The van der Waals surface area contributed by atoms with Gasteiger partial charge < -0.3 is 15.8 Å². The molecule has 0 saturated carbocycles. The molecule has 0 aromatic carbocycles. The summed E-state index contributed by atoms with van der Waals surface area (Å²) in [5.41, 5.74) is 6.56. The normalized spacial score (nSPS) is 10.9. The van der Waals surface area contributed by atoms with Crippen LogP contribution in [0.4, 0.5) is 5.82 Å². The van der Waals surface area contributed by atoms with Gasteiger partial charge in [0, 0.05) is 6.54 Å². The van der Waals surface area contributed by atoms with Gasteiger partial charge in [-0.1, -0.05) is 12.2 Å². The van der Waals surface area contributed by atoms with Crippen LogP contribution >= 0.6 is 0 Å². The average molecular weight is 222 g/mol. The quantitative estimate of drug-likeness (QED) is 0.557. The molecule has 0 aliphatic rings. The number of methoxy groups -OCH3 is 1. The molecule has 1 aromatic heterocycles. The molecule has 0 amide bonds. The summed E-state index contributed by atoms with van der Waals surface area (Å²) in [6, 6.07) is 0. The number of nitrogens with two attached hydrogens (primary N) is 1. The van der Waals surface area contributed by atoms with Crippen molar-refractivity contribution in [3.63, 3.8) is 0 Å². The van der Waals surface area contributed by atoms with E-state index in [2.05, 4.69) is 21.4 Å². The van der Waals surface area contributed by atoms with Gasteiger partial charge in [0.2, 0.25) is 5.88 Å². The van der Waals surface area contributed by atoms with Gasteiger partial charge in [-0.05, 0) is 19.9 Å². The standard InChI is InChI=1S/C11H18N4O/c1-3-4-5-6-13-7-9-10(12)14-8-15-11(9)16-2/h3-4,8,13H,5-7H2,1-2H3,(H2,12,14,15)/b4-3+. The van der Waals surface area contributed by atoms with Gasteiger partial charge in [-0.3, -0.25) is 0 Å². The summed E-state index contributed by atoms with van der Waals surface area (Å²) in [6.07, 6.45) is 6.53. The fourth-order valence-electron chi connectivity index (χ4n) is 1.32. The molecular formula is C11H18N4O. The van der Waals surface area contributed by atoms with Crippen molar-refractivity contribution < 1.29 is 4.74 Å². The second-order valence-corrected chi connectivity index (χ2v) is 3.28. The minimum absolute atomic E-state index is 0.463. The van der Waals surface area contributed by atoms with Gasteiger partial charge in [0.15, 0.2) is 0 Å². The van der Waals surface area contributed by atoms with Crippen molar-refractivity contribution in [1.82, 2.24) is 15.3 Å². The van der Waals surface area contributed by atoms with Gasteiger partial charge in [0.25, 0.3) is 0 Å². The number of aromatic nitrogens is 2. The van der Waals surface area contributed by atoms with Crippen LogP contribution < -0.4 is 15.8 Å². The van der Waals surface area contributed by atoms with Crippen molar-refractivity contribution >= 4 is 5.82 Å². The van der Waals surface area contributed by atoms with Crippen LogP contribution in [0, 0.1) is 0 Å². The highest BCUT2D eigenvalue weighted by molar-refractivity contribution is 5.44. The predicted octanol–water partition coefficient (Wildman–Crippen LogP) is 1.12. The molecule has 0 bridgehead atoms. The molecule has 1 heterocycles.